The van der Waals surface area contributed by atoms with E-state index in [1.165, 1.54) is 6.07 Å². The Bertz CT molecular complexity index is 571. The first-order valence-corrected chi connectivity index (χ1v) is 8.37. The van der Waals surface area contributed by atoms with E-state index in [0.717, 1.165) is 35.7 Å². The van der Waals surface area contributed by atoms with Gasteiger partial charge in [-0.3, -0.25) is 0 Å². The number of thiazole rings is 1. The quantitative estimate of drug-likeness (QED) is 0.815. The Morgan fingerprint density at radius 2 is 2.25 bits per heavy atom. The van der Waals surface area contributed by atoms with Crippen molar-refractivity contribution in [3.63, 3.8) is 0 Å². The topological polar surface area (TPSA) is 24.9 Å². The minimum absolute atomic E-state index is 0.0709. The average Bonchev–Trinajstić information content (AvgIpc) is 2.83. The Morgan fingerprint density at radius 3 is 2.90 bits per heavy atom. The molecule has 0 saturated heterocycles. The van der Waals surface area contributed by atoms with Gasteiger partial charge in [0.1, 0.15) is 5.82 Å². The van der Waals surface area contributed by atoms with Gasteiger partial charge in [-0.1, -0.05) is 19.1 Å². The molecule has 1 N–H and O–H groups in total. The molecule has 0 aliphatic rings. The number of aromatic nitrogens is 1. The summed E-state index contributed by atoms with van der Waals surface area (Å²) in [5.41, 5.74) is 2.00. The molecule has 5 heteroatoms. The highest BCUT2D eigenvalue weighted by molar-refractivity contribution is 9.10. The smallest absolute Gasteiger partial charge is 0.137 e. The molecule has 0 aliphatic heterocycles. The molecule has 0 aliphatic carbocycles. The molecule has 0 amide bonds. The molecule has 0 saturated carbocycles. The van der Waals surface area contributed by atoms with E-state index in [0.29, 0.717) is 4.47 Å². The van der Waals surface area contributed by atoms with Gasteiger partial charge in [-0.15, -0.1) is 11.3 Å². The molecule has 0 bridgehead atoms. The van der Waals surface area contributed by atoms with Gasteiger partial charge >= 0.3 is 0 Å². The second-order valence-corrected chi connectivity index (χ2v) is 6.57. The molecule has 20 heavy (non-hydrogen) atoms. The van der Waals surface area contributed by atoms with Crippen LogP contribution in [0.2, 0.25) is 0 Å². The van der Waals surface area contributed by atoms with Crippen LogP contribution < -0.4 is 5.32 Å². The predicted octanol–water partition coefficient (Wildman–Crippen LogP) is 4.64. The molecule has 2 nitrogen and oxygen atoms in total. The van der Waals surface area contributed by atoms with Gasteiger partial charge in [-0.2, -0.15) is 0 Å². The second-order valence-electron chi connectivity index (χ2n) is 4.71. The maximum absolute atomic E-state index is 13.7. The lowest BCUT2D eigenvalue weighted by molar-refractivity contribution is 0.517. The third-order valence-corrected chi connectivity index (χ3v) is 4.74. The summed E-state index contributed by atoms with van der Waals surface area (Å²) < 4.78 is 14.3. The van der Waals surface area contributed by atoms with E-state index in [-0.39, 0.29) is 11.9 Å². The van der Waals surface area contributed by atoms with Gasteiger partial charge in [0.05, 0.1) is 15.2 Å². The van der Waals surface area contributed by atoms with Crippen molar-refractivity contribution in [2.24, 2.45) is 0 Å². The first-order valence-electron chi connectivity index (χ1n) is 6.70. The summed E-state index contributed by atoms with van der Waals surface area (Å²) in [6, 6.07) is 5.25. The van der Waals surface area contributed by atoms with Crippen LogP contribution in [-0.2, 0) is 6.42 Å². The third kappa shape index (κ3) is 3.87. The fourth-order valence-corrected chi connectivity index (χ4v) is 3.28. The molecule has 0 radical (unpaired) electrons. The van der Waals surface area contributed by atoms with Crippen molar-refractivity contribution in [1.29, 1.82) is 0 Å². The molecule has 2 rings (SSSR count). The highest BCUT2D eigenvalue weighted by Crippen LogP contribution is 2.28. The zero-order chi connectivity index (χ0) is 14.5. The van der Waals surface area contributed by atoms with Crippen LogP contribution >= 0.6 is 27.3 Å². The Kier molecular flexibility index (Phi) is 5.69. The Balaban J connectivity index is 2.24. The van der Waals surface area contributed by atoms with E-state index in [4.69, 9.17) is 0 Å². The minimum atomic E-state index is -0.222. The summed E-state index contributed by atoms with van der Waals surface area (Å²) in [6.45, 7) is 5.02. The fraction of sp³-hybridized carbons (Fsp3) is 0.400. The molecule has 1 aromatic carbocycles. The van der Waals surface area contributed by atoms with E-state index >= 15 is 0 Å². The average molecular weight is 357 g/mol. The van der Waals surface area contributed by atoms with Crippen LogP contribution in [0.3, 0.4) is 0 Å². The van der Waals surface area contributed by atoms with Gasteiger partial charge in [-0.05, 0) is 47.4 Å². The van der Waals surface area contributed by atoms with Crippen molar-refractivity contribution in [1.82, 2.24) is 10.3 Å². The van der Waals surface area contributed by atoms with Crippen molar-refractivity contribution in [2.45, 2.75) is 32.7 Å². The standard InChI is InChI=1S/C15H18BrFN2S/c1-3-7-18-14(8-11-9-20-10(2)19-11)12-5-4-6-13(17)15(12)16/h4-6,9,14,18H,3,7-8H2,1-2H3. The van der Waals surface area contributed by atoms with Crippen LogP contribution in [0.15, 0.2) is 28.1 Å². The first-order chi connectivity index (χ1) is 9.61. The summed E-state index contributed by atoms with van der Waals surface area (Å²) in [5.74, 6) is -0.222. The molecule has 2 aromatic rings. The van der Waals surface area contributed by atoms with Crippen molar-refractivity contribution in [2.75, 3.05) is 6.54 Å². The Labute approximate surface area is 131 Å². The summed E-state index contributed by atoms with van der Waals surface area (Å²) in [4.78, 5) is 4.51. The van der Waals surface area contributed by atoms with Crippen LogP contribution in [0.1, 0.15) is 35.7 Å². The van der Waals surface area contributed by atoms with E-state index in [1.807, 2.05) is 13.0 Å². The normalized spacial score (nSPS) is 12.6. The maximum Gasteiger partial charge on any atom is 0.137 e. The molecule has 1 atom stereocenters. The minimum Gasteiger partial charge on any atom is -0.310 e. The van der Waals surface area contributed by atoms with E-state index in [2.05, 4.69) is 38.5 Å². The molecule has 108 valence electrons. The van der Waals surface area contributed by atoms with Crippen LogP contribution in [0.25, 0.3) is 0 Å². The monoisotopic (exact) mass is 356 g/mol. The first kappa shape index (κ1) is 15.6. The van der Waals surface area contributed by atoms with Crippen molar-refractivity contribution in [3.05, 3.63) is 50.1 Å². The highest BCUT2D eigenvalue weighted by atomic mass is 79.9. The lowest BCUT2D eigenvalue weighted by Crippen LogP contribution is -2.24. The van der Waals surface area contributed by atoms with Gasteiger partial charge in [0, 0.05) is 17.8 Å². The van der Waals surface area contributed by atoms with E-state index < -0.39 is 0 Å². The molecule has 1 unspecified atom stereocenters. The largest absolute Gasteiger partial charge is 0.310 e. The van der Waals surface area contributed by atoms with Gasteiger partial charge in [0.25, 0.3) is 0 Å². The molecule has 0 fully saturated rings. The SMILES string of the molecule is CCCNC(Cc1csc(C)n1)c1cccc(F)c1Br. The zero-order valence-electron chi connectivity index (χ0n) is 11.6. The number of hydrogen-bond donors (Lipinski definition) is 1. The second kappa shape index (κ2) is 7.29. The predicted molar refractivity (Wildman–Crippen MR) is 85.7 cm³/mol. The Hall–Kier alpha value is -0.780. The van der Waals surface area contributed by atoms with Gasteiger partial charge < -0.3 is 5.32 Å². The lowest BCUT2D eigenvalue weighted by Gasteiger charge is -2.19. The zero-order valence-corrected chi connectivity index (χ0v) is 14.0. The highest BCUT2D eigenvalue weighted by Gasteiger charge is 2.17. The van der Waals surface area contributed by atoms with Crippen LogP contribution in [-0.4, -0.2) is 11.5 Å². The van der Waals surface area contributed by atoms with Gasteiger partial charge in [-0.25, -0.2) is 9.37 Å². The fourth-order valence-electron chi connectivity index (χ4n) is 2.11. The Morgan fingerprint density at radius 1 is 1.45 bits per heavy atom. The number of hydrogen-bond acceptors (Lipinski definition) is 3. The lowest BCUT2D eigenvalue weighted by atomic mass is 10.0. The van der Waals surface area contributed by atoms with Crippen molar-refractivity contribution in [3.8, 4) is 0 Å². The summed E-state index contributed by atoms with van der Waals surface area (Å²) >= 11 is 5.01. The number of nitrogens with one attached hydrogen (secondary N) is 1. The van der Waals surface area contributed by atoms with Crippen LogP contribution in [0.5, 0.6) is 0 Å². The van der Waals surface area contributed by atoms with Crippen LogP contribution in [0.4, 0.5) is 4.39 Å². The number of aryl methyl sites for hydroxylation is 1. The van der Waals surface area contributed by atoms with Gasteiger partial charge in [0.2, 0.25) is 0 Å². The van der Waals surface area contributed by atoms with E-state index in [9.17, 15) is 4.39 Å². The molecular formula is C15H18BrFN2S. The van der Waals surface area contributed by atoms with Crippen molar-refractivity contribution < 1.29 is 4.39 Å². The molecule has 1 aromatic heterocycles. The third-order valence-electron chi connectivity index (χ3n) is 3.08. The summed E-state index contributed by atoms with van der Waals surface area (Å²) in [5, 5.41) is 6.61. The molecular weight excluding hydrogens is 339 g/mol. The number of rotatable bonds is 6. The molecule has 0 spiro atoms. The summed E-state index contributed by atoms with van der Waals surface area (Å²) in [6.07, 6.45) is 1.81. The maximum atomic E-state index is 13.7. The van der Waals surface area contributed by atoms with Gasteiger partial charge in [0.15, 0.2) is 0 Å². The van der Waals surface area contributed by atoms with Crippen molar-refractivity contribution >= 4 is 27.3 Å². The summed E-state index contributed by atoms with van der Waals surface area (Å²) in [7, 11) is 0. The number of halogens is 2. The number of benzene rings is 1. The van der Waals surface area contributed by atoms with Crippen LogP contribution in [0, 0.1) is 12.7 Å². The molecule has 1 heterocycles. The van der Waals surface area contributed by atoms with E-state index in [1.54, 1.807) is 17.4 Å². The number of nitrogens with zero attached hydrogens (tertiary/aromatic N) is 1.